The summed E-state index contributed by atoms with van der Waals surface area (Å²) in [5.41, 5.74) is 2.68. The van der Waals surface area contributed by atoms with Crippen LogP contribution in [-0.4, -0.2) is 43.7 Å². The van der Waals surface area contributed by atoms with Crippen LogP contribution in [0.5, 0.6) is 0 Å². The fraction of sp³-hybridized carbons (Fsp3) is 0.143. The van der Waals surface area contributed by atoms with Gasteiger partial charge in [0.25, 0.3) is 0 Å². The van der Waals surface area contributed by atoms with Crippen LogP contribution in [0.4, 0.5) is 0 Å². The molecule has 10 nitrogen and oxygen atoms in total. The minimum Gasteiger partial charge on any atom is -0.476 e. The number of ether oxygens (including phenoxy) is 1. The lowest BCUT2D eigenvalue weighted by atomic mass is 10.1. The summed E-state index contributed by atoms with van der Waals surface area (Å²) in [6.45, 7) is 0. The van der Waals surface area contributed by atoms with Gasteiger partial charge in [-0.15, -0.1) is 0 Å². The van der Waals surface area contributed by atoms with Crippen molar-refractivity contribution in [2.75, 3.05) is 7.11 Å². The van der Waals surface area contributed by atoms with Gasteiger partial charge in [-0.2, -0.15) is 20.7 Å². The van der Waals surface area contributed by atoms with Gasteiger partial charge in [0.1, 0.15) is 0 Å². The van der Waals surface area contributed by atoms with E-state index in [0.29, 0.717) is 27.4 Å². The number of nitriles is 2. The van der Waals surface area contributed by atoms with Crippen LogP contribution in [0.15, 0.2) is 36.4 Å². The monoisotopic (exact) mass is 416 g/mol. The van der Waals surface area contributed by atoms with Crippen molar-refractivity contribution in [1.29, 1.82) is 10.5 Å². The van der Waals surface area contributed by atoms with Gasteiger partial charge in [0.05, 0.1) is 41.4 Å². The smallest absolute Gasteiger partial charge is 0.359 e. The highest BCUT2D eigenvalue weighted by molar-refractivity contribution is 6.02. The first-order valence-corrected chi connectivity index (χ1v) is 8.86. The molecule has 2 heterocycles. The molecule has 0 radical (unpaired) electrons. The number of carboxylic acid groups (broad SMARTS) is 1. The standard InChI is InChI=1S/C11H9N3O2.C10H7N3O2/c1-14-9-5-7(6-12)3-4-8(9)10(13-14)11(15)16-2;1-13-8-4-6(5-11)2-3-7(8)9(12-13)10(14)15/h3-5H,1-2H3;2-4H,1H3,(H,14,15). The number of carboxylic acids is 1. The van der Waals surface area contributed by atoms with E-state index in [4.69, 9.17) is 15.6 Å². The summed E-state index contributed by atoms with van der Waals surface area (Å²) in [6, 6.07) is 13.9. The molecule has 31 heavy (non-hydrogen) atoms. The van der Waals surface area contributed by atoms with Crippen LogP contribution in [0.3, 0.4) is 0 Å². The molecule has 0 fully saturated rings. The Morgan fingerprint density at radius 2 is 1.35 bits per heavy atom. The van der Waals surface area contributed by atoms with Gasteiger partial charge in [-0.25, -0.2) is 9.59 Å². The minimum atomic E-state index is -1.06. The lowest BCUT2D eigenvalue weighted by Crippen LogP contribution is -2.03. The summed E-state index contributed by atoms with van der Waals surface area (Å²) in [4.78, 5) is 22.3. The van der Waals surface area contributed by atoms with Crippen molar-refractivity contribution < 1.29 is 19.4 Å². The van der Waals surface area contributed by atoms with E-state index < -0.39 is 11.9 Å². The molecule has 0 spiro atoms. The highest BCUT2D eigenvalue weighted by Gasteiger charge is 2.16. The van der Waals surface area contributed by atoms with E-state index in [1.165, 1.54) is 11.8 Å². The number of esters is 1. The number of nitrogens with zero attached hydrogens (tertiary/aromatic N) is 6. The Balaban J connectivity index is 0.000000176. The molecule has 0 saturated carbocycles. The fourth-order valence-electron chi connectivity index (χ4n) is 3.06. The number of aryl methyl sites for hydroxylation is 2. The SMILES string of the molecule is COC(=O)c1nn(C)c2cc(C#N)ccc12.Cn1nc(C(=O)O)c2ccc(C#N)cc21. The van der Waals surface area contributed by atoms with Gasteiger partial charge in [0, 0.05) is 24.9 Å². The second kappa shape index (κ2) is 8.35. The molecule has 154 valence electrons. The largest absolute Gasteiger partial charge is 0.476 e. The fourth-order valence-corrected chi connectivity index (χ4v) is 3.06. The maximum atomic E-state index is 11.4. The zero-order valence-corrected chi connectivity index (χ0v) is 16.8. The summed E-state index contributed by atoms with van der Waals surface area (Å²) in [5, 5.41) is 35.5. The lowest BCUT2D eigenvalue weighted by molar-refractivity contribution is 0.0594. The third-order valence-electron chi connectivity index (χ3n) is 4.54. The maximum Gasteiger partial charge on any atom is 0.359 e. The summed E-state index contributed by atoms with van der Waals surface area (Å²) in [6.07, 6.45) is 0. The average molecular weight is 416 g/mol. The number of aromatic carboxylic acids is 1. The molecule has 0 aliphatic heterocycles. The molecular formula is C21H16N6O4. The number of fused-ring (bicyclic) bond motifs is 2. The van der Waals surface area contributed by atoms with E-state index >= 15 is 0 Å². The summed E-state index contributed by atoms with van der Waals surface area (Å²) in [7, 11) is 4.68. The first-order valence-electron chi connectivity index (χ1n) is 8.86. The van der Waals surface area contributed by atoms with Crippen LogP contribution in [-0.2, 0) is 18.8 Å². The van der Waals surface area contributed by atoms with Crippen molar-refractivity contribution >= 4 is 33.7 Å². The second-order valence-corrected chi connectivity index (χ2v) is 6.43. The van der Waals surface area contributed by atoms with Crippen LogP contribution in [0, 0.1) is 22.7 Å². The number of hydrogen-bond acceptors (Lipinski definition) is 7. The number of rotatable bonds is 2. The zero-order valence-electron chi connectivity index (χ0n) is 16.8. The van der Waals surface area contributed by atoms with Crippen molar-refractivity contribution in [3.63, 3.8) is 0 Å². The molecule has 10 heteroatoms. The minimum absolute atomic E-state index is 0.0111. The van der Waals surface area contributed by atoms with Crippen LogP contribution in [0.25, 0.3) is 21.8 Å². The van der Waals surface area contributed by atoms with Gasteiger partial charge in [-0.3, -0.25) is 9.36 Å². The Kier molecular flexibility index (Phi) is 5.66. The molecule has 0 unspecified atom stereocenters. The van der Waals surface area contributed by atoms with Crippen molar-refractivity contribution in [1.82, 2.24) is 19.6 Å². The Hall–Kier alpha value is -4.70. The van der Waals surface area contributed by atoms with E-state index in [9.17, 15) is 9.59 Å². The van der Waals surface area contributed by atoms with Crippen molar-refractivity contribution in [2.45, 2.75) is 0 Å². The number of methoxy groups -OCH3 is 1. The van der Waals surface area contributed by atoms with Crippen molar-refractivity contribution in [3.8, 4) is 12.1 Å². The number of carbonyl (C=O) groups is 2. The summed E-state index contributed by atoms with van der Waals surface area (Å²) in [5.74, 6) is -1.54. The Labute approximate surface area is 176 Å². The van der Waals surface area contributed by atoms with Gasteiger partial charge in [-0.1, -0.05) is 0 Å². The van der Waals surface area contributed by atoms with Crippen LogP contribution >= 0.6 is 0 Å². The van der Waals surface area contributed by atoms with E-state index in [0.717, 1.165) is 5.52 Å². The van der Waals surface area contributed by atoms with Crippen LogP contribution in [0.1, 0.15) is 32.1 Å². The highest BCUT2D eigenvalue weighted by atomic mass is 16.5. The van der Waals surface area contributed by atoms with E-state index in [1.54, 1.807) is 55.2 Å². The lowest BCUT2D eigenvalue weighted by Gasteiger charge is -1.94. The summed E-state index contributed by atoms with van der Waals surface area (Å²) >= 11 is 0. The Morgan fingerprint density at radius 3 is 1.77 bits per heavy atom. The number of hydrogen-bond donors (Lipinski definition) is 1. The molecule has 4 rings (SSSR count). The first-order chi connectivity index (χ1) is 14.8. The van der Waals surface area contributed by atoms with Gasteiger partial charge >= 0.3 is 11.9 Å². The third kappa shape index (κ3) is 3.91. The molecule has 0 aliphatic rings. The molecule has 0 atom stereocenters. The maximum absolute atomic E-state index is 11.4. The van der Waals surface area contributed by atoms with Crippen molar-refractivity contribution in [3.05, 3.63) is 58.9 Å². The van der Waals surface area contributed by atoms with Gasteiger partial charge in [-0.05, 0) is 36.4 Å². The van der Waals surface area contributed by atoms with Crippen LogP contribution in [0.2, 0.25) is 0 Å². The van der Waals surface area contributed by atoms with Gasteiger partial charge in [0.2, 0.25) is 0 Å². The zero-order chi connectivity index (χ0) is 22.7. The predicted octanol–water partition coefficient (Wildman–Crippen LogP) is 2.37. The topological polar surface area (TPSA) is 147 Å². The summed E-state index contributed by atoms with van der Waals surface area (Å²) < 4.78 is 7.65. The molecule has 2 aromatic heterocycles. The van der Waals surface area contributed by atoms with E-state index in [-0.39, 0.29) is 11.4 Å². The highest BCUT2D eigenvalue weighted by Crippen LogP contribution is 2.20. The average Bonchev–Trinajstić information content (AvgIpc) is 3.30. The molecule has 1 N–H and O–H groups in total. The van der Waals surface area contributed by atoms with Crippen LogP contribution < -0.4 is 0 Å². The number of aromatic nitrogens is 4. The quantitative estimate of drug-likeness (QED) is 0.490. The van der Waals surface area contributed by atoms with E-state index in [2.05, 4.69) is 14.9 Å². The number of carbonyl (C=O) groups excluding carboxylic acids is 1. The second-order valence-electron chi connectivity index (χ2n) is 6.43. The molecule has 2 aromatic carbocycles. The predicted molar refractivity (Wildman–Crippen MR) is 109 cm³/mol. The van der Waals surface area contributed by atoms with E-state index in [1.807, 2.05) is 12.1 Å². The number of benzene rings is 2. The molecule has 0 bridgehead atoms. The molecule has 0 amide bonds. The van der Waals surface area contributed by atoms with Gasteiger partial charge in [0.15, 0.2) is 11.4 Å². The molecular weight excluding hydrogens is 400 g/mol. The Bertz CT molecular complexity index is 1420. The first kappa shape index (κ1) is 21.0. The Morgan fingerprint density at radius 1 is 0.903 bits per heavy atom. The van der Waals surface area contributed by atoms with Gasteiger partial charge < -0.3 is 9.84 Å². The molecule has 0 aliphatic carbocycles. The third-order valence-corrected chi connectivity index (χ3v) is 4.54. The molecule has 0 saturated heterocycles. The van der Waals surface area contributed by atoms with Crippen molar-refractivity contribution in [2.24, 2.45) is 14.1 Å². The molecule has 4 aromatic rings. The normalized spacial score (nSPS) is 10.1.